The number of carboxylic acid groups (broad SMARTS) is 1. The van der Waals surface area contributed by atoms with Crippen LogP contribution in [-0.4, -0.2) is 34.8 Å². The molecule has 8 nitrogen and oxygen atoms in total. The molecule has 0 spiro atoms. The fraction of sp³-hybridized carbons (Fsp3) is 0.222. The van der Waals surface area contributed by atoms with E-state index in [0.29, 0.717) is 11.0 Å². The van der Waals surface area contributed by atoms with Crippen molar-refractivity contribution in [3.05, 3.63) is 33.9 Å². The average Bonchev–Trinajstić information content (AvgIpc) is 2.54. The quantitative estimate of drug-likeness (QED) is 0.389. The van der Waals surface area contributed by atoms with Gasteiger partial charge in [0.1, 0.15) is 6.10 Å². The largest absolute Gasteiger partial charge is 0.492 e. The van der Waals surface area contributed by atoms with Crippen molar-refractivity contribution in [3.8, 4) is 0 Å². The summed E-state index contributed by atoms with van der Waals surface area (Å²) < 4.78 is 5.04. The molecule has 0 saturated carbocycles. The second kappa shape index (κ2) is 4.63. The van der Waals surface area contributed by atoms with Crippen molar-refractivity contribution in [2.45, 2.75) is 6.10 Å². The van der Waals surface area contributed by atoms with Crippen molar-refractivity contribution in [1.82, 2.24) is 0 Å². The lowest BCUT2D eigenvalue weighted by Crippen LogP contribution is -2.28. The second-order valence-corrected chi connectivity index (χ2v) is 3.77. The van der Waals surface area contributed by atoms with Gasteiger partial charge in [-0.3, -0.25) is 15.4 Å². The number of hydrogen-bond acceptors (Lipinski definition) is 5. The van der Waals surface area contributed by atoms with Gasteiger partial charge < -0.3 is 14.8 Å². The van der Waals surface area contributed by atoms with Crippen molar-refractivity contribution in [3.63, 3.8) is 0 Å². The number of hydrogen-bond donors (Lipinski definition) is 3. The topological polar surface area (TPSA) is 122 Å². The Labute approximate surface area is 101 Å². The SMILES string of the molecule is O=C(O)Nc1ccc2c(c1)B(O)OC2C[N+](=O)[O-]. The number of carbonyl (C=O) groups is 1. The maximum atomic E-state index is 10.5. The summed E-state index contributed by atoms with van der Waals surface area (Å²) in [6.45, 7) is -0.449. The summed E-state index contributed by atoms with van der Waals surface area (Å²) in [6, 6.07) is 4.36. The second-order valence-electron chi connectivity index (χ2n) is 3.77. The maximum absolute atomic E-state index is 10.5. The van der Waals surface area contributed by atoms with Crippen LogP contribution in [0.1, 0.15) is 11.7 Å². The van der Waals surface area contributed by atoms with Crippen LogP contribution in [0, 0.1) is 10.1 Å². The molecule has 0 bridgehead atoms. The Balaban J connectivity index is 2.27. The molecule has 9 heteroatoms. The first kappa shape index (κ1) is 12.3. The third-order valence-electron chi connectivity index (χ3n) is 2.56. The fourth-order valence-corrected chi connectivity index (χ4v) is 1.86. The standard InChI is InChI=1S/C9H9BN2O6/c13-9(14)11-5-1-2-6-7(3-5)10(15)18-8(6)4-12(16)17/h1-3,8,11,15H,4H2,(H,13,14). The molecule has 94 valence electrons. The van der Waals surface area contributed by atoms with Crippen LogP contribution in [0.3, 0.4) is 0 Å². The smallest absolute Gasteiger partial charge is 0.465 e. The zero-order valence-electron chi connectivity index (χ0n) is 9.07. The van der Waals surface area contributed by atoms with Gasteiger partial charge in [-0.15, -0.1) is 0 Å². The molecule has 2 rings (SSSR count). The Hall–Kier alpha value is -2.13. The lowest BCUT2D eigenvalue weighted by molar-refractivity contribution is -0.490. The highest BCUT2D eigenvalue weighted by Gasteiger charge is 2.37. The fourth-order valence-electron chi connectivity index (χ4n) is 1.86. The lowest BCUT2D eigenvalue weighted by Gasteiger charge is -2.07. The minimum Gasteiger partial charge on any atom is -0.465 e. The van der Waals surface area contributed by atoms with Crippen LogP contribution in [0.25, 0.3) is 0 Å². The van der Waals surface area contributed by atoms with E-state index < -0.39 is 30.8 Å². The summed E-state index contributed by atoms with van der Waals surface area (Å²) in [7, 11) is -1.28. The molecular weight excluding hydrogens is 243 g/mol. The van der Waals surface area contributed by atoms with Gasteiger partial charge in [0.2, 0.25) is 6.54 Å². The molecule has 1 amide bonds. The van der Waals surface area contributed by atoms with Crippen LogP contribution in [0.15, 0.2) is 18.2 Å². The van der Waals surface area contributed by atoms with Crippen LogP contribution in [0.2, 0.25) is 0 Å². The summed E-state index contributed by atoms with van der Waals surface area (Å²) >= 11 is 0. The van der Waals surface area contributed by atoms with Gasteiger partial charge in [-0.2, -0.15) is 0 Å². The van der Waals surface area contributed by atoms with E-state index in [9.17, 15) is 19.9 Å². The zero-order chi connectivity index (χ0) is 13.3. The van der Waals surface area contributed by atoms with E-state index in [4.69, 9.17) is 9.76 Å². The lowest BCUT2D eigenvalue weighted by atomic mass is 9.79. The molecule has 1 aromatic carbocycles. The van der Waals surface area contributed by atoms with Crippen LogP contribution in [-0.2, 0) is 4.65 Å². The summed E-state index contributed by atoms with van der Waals surface area (Å²) in [5, 5.41) is 30.7. The molecule has 3 N–H and O–H groups in total. The van der Waals surface area contributed by atoms with Gasteiger partial charge >= 0.3 is 13.2 Å². The summed E-state index contributed by atoms with van der Waals surface area (Å²) in [4.78, 5) is 20.4. The van der Waals surface area contributed by atoms with E-state index in [-0.39, 0.29) is 5.69 Å². The first-order chi connectivity index (χ1) is 8.47. The molecule has 0 saturated heterocycles. The first-order valence-electron chi connectivity index (χ1n) is 5.06. The minimum absolute atomic E-state index is 0.269. The zero-order valence-corrected chi connectivity index (χ0v) is 9.07. The van der Waals surface area contributed by atoms with E-state index in [0.717, 1.165) is 0 Å². The number of amides is 1. The Morgan fingerprint density at radius 2 is 2.33 bits per heavy atom. The predicted octanol–water partition coefficient (Wildman–Crippen LogP) is -0.188. The van der Waals surface area contributed by atoms with Crippen LogP contribution < -0.4 is 10.8 Å². The van der Waals surface area contributed by atoms with E-state index in [1.54, 1.807) is 0 Å². The van der Waals surface area contributed by atoms with Gasteiger partial charge in [-0.05, 0) is 23.2 Å². The van der Waals surface area contributed by atoms with Gasteiger partial charge in [0.15, 0.2) is 0 Å². The van der Waals surface area contributed by atoms with E-state index >= 15 is 0 Å². The van der Waals surface area contributed by atoms with E-state index in [1.807, 2.05) is 0 Å². The maximum Gasteiger partial charge on any atom is 0.492 e. The van der Waals surface area contributed by atoms with Crippen molar-refractivity contribution in [1.29, 1.82) is 0 Å². The molecule has 1 atom stereocenters. The van der Waals surface area contributed by atoms with E-state index in [2.05, 4.69) is 5.32 Å². The summed E-state index contributed by atoms with van der Waals surface area (Å²) in [6.07, 6.45) is -2.05. The molecule has 1 aromatic rings. The van der Waals surface area contributed by atoms with Gasteiger partial charge in [0, 0.05) is 10.6 Å². The number of rotatable bonds is 3. The molecule has 1 heterocycles. The molecule has 0 aromatic heterocycles. The normalized spacial score (nSPS) is 17.4. The average molecular weight is 252 g/mol. The number of benzene rings is 1. The number of nitro groups is 1. The first-order valence-corrected chi connectivity index (χ1v) is 5.06. The molecule has 0 radical (unpaired) electrons. The van der Waals surface area contributed by atoms with Crippen LogP contribution in [0.4, 0.5) is 10.5 Å². The number of anilines is 1. The Morgan fingerprint density at radius 1 is 1.61 bits per heavy atom. The van der Waals surface area contributed by atoms with Crippen LogP contribution in [0.5, 0.6) is 0 Å². The van der Waals surface area contributed by atoms with Gasteiger partial charge in [0.05, 0.1) is 0 Å². The van der Waals surface area contributed by atoms with Gasteiger partial charge in [0.25, 0.3) is 0 Å². The predicted molar refractivity (Wildman–Crippen MR) is 61.4 cm³/mol. The highest BCUT2D eigenvalue weighted by Crippen LogP contribution is 2.25. The Bertz CT molecular complexity index is 508. The number of nitrogens with zero attached hydrogens (tertiary/aromatic N) is 1. The molecule has 1 unspecified atom stereocenters. The highest BCUT2D eigenvalue weighted by atomic mass is 16.6. The van der Waals surface area contributed by atoms with Crippen molar-refractivity contribution in [2.24, 2.45) is 0 Å². The summed E-state index contributed by atoms with van der Waals surface area (Å²) in [5.74, 6) is 0. The van der Waals surface area contributed by atoms with Crippen molar-refractivity contribution in [2.75, 3.05) is 11.9 Å². The minimum atomic E-state index is -1.28. The van der Waals surface area contributed by atoms with Gasteiger partial charge in [-0.1, -0.05) is 6.07 Å². The van der Waals surface area contributed by atoms with Crippen LogP contribution >= 0.6 is 0 Å². The molecular formula is C9H9BN2O6. The molecule has 1 aliphatic rings. The highest BCUT2D eigenvalue weighted by molar-refractivity contribution is 6.61. The monoisotopic (exact) mass is 252 g/mol. The number of nitrogens with one attached hydrogen (secondary N) is 1. The Morgan fingerprint density at radius 3 is 2.94 bits per heavy atom. The molecule has 18 heavy (non-hydrogen) atoms. The molecule has 0 fully saturated rings. The van der Waals surface area contributed by atoms with Crippen molar-refractivity contribution >= 4 is 24.4 Å². The van der Waals surface area contributed by atoms with Gasteiger partial charge in [-0.25, -0.2) is 4.79 Å². The van der Waals surface area contributed by atoms with E-state index in [1.165, 1.54) is 18.2 Å². The molecule has 0 aliphatic carbocycles. The Kier molecular flexibility index (Phi) is 3.17. The van der Waals surface area contributed by atoms with Crippen molar-refractivity contribution < 1.29 is 24.5 Å². The third kappa shape index (κ3) is 2.41. The summed E-state index contributed by atoms with van der Waals surface area (Å²) in [5.41, 5.74) is 1.11. The molecule has 1 aliphatic heterocycles. The third-order valence-corrected chi connectivity index (χ3v) is 2.56. The number of fused-ring (bicyclic) bond motifs is 1.